The van der Waals surface area contributed by atoms with Gasteiger partial charge in [0.1, 0.15) is 5.54 Å². The predicted molar refractivity (Wildman–Crippen MR) is 54.5 cm³/mol. The minimum absolute atomic E-state index is 0.286. The van der Waals surface area contributed by atoms with E-state index in [9.17, 15) is 4.79 Å². The summed E-state index contributed by atoms with van der Waals surface area (Å²) in [5.41, 5.74) is -0.589. The van der Waals surface area contributed by atoms with E-state index in [1.807, 2.05) is 11.8 Å². The fourth-order valence-electron chi connectivity index (χ4n) is 2.11. The normalized spacial score (nSPS) is 38.6. The maximum Gasteiger partial charge on any atom is 0.328 e. The first-order valence-electron chi connectivity index (χ1n) is 4.40. The topological polar surface area (TPSA) is 29.5 Å². The summed E-state index contributed by atoms with van der Waals surface area (Å²) in [6, 6.07) is 0. The van der Waals surface area contributed by atoms with Crippen LogP contribution < -0.4 is 0 Å². The number of carbonyl (C=O) groups excluding carboxylic acids is 1. The van der Waals surface area contributed by atoms with Gasteiger partial charge < -0.3 is 4.74 Å². The Balaban J connectivity index is 2.30. The summed E-state index contributed by atoms with van der Waals surface area (Å²) in [4.78, 5) is 13.4. The van der Waals surface area contributed by atoms with Crippen LogP contribution in [0.3, 0.4) is 0 Å². The average molecular weight is 259 g/mol. The van der Waals surface area contributed by atoms with Gasteiger partial charge in [-0.05, 0) is 19.8 Å². The highest BCUT2D eigenvalue weighted by atomic mass is 35.6. The zero-order chi connectivity index (χ0) is 10.6. The summed E-state index contributed by atoms with van der Waals surface area (Å²) >= 11 is 17.2. The van der Waals surface area contributed by atoms with Gasteiger partial charge in [0, 0.05) is 6.54 Å². The molecule has 2 fully saturated rings. The van der Waals surface area contributed by atoms with Crippen LogP contribution in [-0.2, 0) is 9.53 Å². The van der Waals surface area contributed by atoms with E-state index in [0.717, 1.165) is 19.4 Å². The largest absolute Gasteiger partial charge is 0.440 e. The van der Waals surface area contributed by atoms with Gasteiger partial charge in [0.05, 0.1) is 0 Å². The van der Waals surface area contributed by atoms with Gasteiger partial charge in [0.2, 0.25) is 10.0 Å². The maximum absolute atomic E-state index is 11.6. The van der Waals surface area contributed by atoms with Crippen LogP contribution in [0.1, 0.15) is 19.8 Å². The van der Waals surface area contributed by atoms with Crippen molar-refractivity contribution in [1.82, 2.24) is 4.90 Å². The number of esters is 1. The summed E-state index contributed by atoms with van der Waals surface area (Å²) in [5, 5.41) is 0. The van der Waals surface area contributed by atoms with Crippen LogP contribution in [0.25, 0.3) is 0 Å². The molecule has 0 aliphatic carbocycles. The molecular formula is C8H10Cl3NO2. The molecule has 0 aromatic heterocycles. The highest BCUT2D eigenvalue weighted by Crippen LogP contribution is 2.46. The Kier molecular flexibility index (Phi) is 2.43. The molecule has 2 aliphatic rings. The monoisotopic (exact) mass is 257 g/mol. The number of nitrogens with zero attached hydrogens (tertiary/aromatic N) is 1. The summed E-state index contributed by atoms with van der Waals surface area (Å²) in [5.74, 6) is -0.286. The van der Waals surface area contributed by atoms with E-state index in [2.05, 4.69) is 0 Å². The van der Waals surface area contributed by atoms with E-state index in [1.165, 1.54) is 0 Å². The molecule has 2 heterocycles. The summed E-state index contributed by atoms with van der Waals surface area (Å²) in [7, 11) is 0. The summed E-state index contributed by atoms with van der Waals surface area (Å²) in [6.07, 6.45) is 0.957. The van der Waals surface area contributed by atoms with Crippen molar-refractivity contribution in [2.24, 2.45) is 0 Å². The molecule has 6 heteroatoms. The van der Waals surface area contributed by atoms with Crippen LogP contribution in [0.4, 0.5) is 0 Å². The van der Waals surface area contributed by atoms with E-state index in [4.69, 9.17) is 39.5 Å². The Hall–Kier alpha value is 0.300. The number of ether oxygens (including phenoxy) is 1. The highest BCUT2D eigenvalue weighted by molar-refractivity contribution is 6.68. The van der Waals surface area contributed by atoms with Crippen LogP contribution in [-0.4, -0.2) is 33.0 Å². The van der Waals surface area contributed by atoms with Crippen LogP contribution >= 0.6 is 34.8 Å². The van der Waals surface area contributed by atoms with Gasteiger partial charge in [0.15, 0.2) is 0 Å². The SMILES string of the molecule is CC12CCCN1C(C(Cl)(Cl)Cl)OC2=O. The van der Waals surface area contributed by atoms with E-state index in [-0.39, 0.29) is 5.97 Å². The number of halogens is 3. The molecular weight excluding hydrogens is 248 g/mol. The zero-order valence-corrected chi connectivity index (χ0v) is 9.86. The molecule has 0 spiro atoms. The number of carbonyl (C=O) groups is 1. The van der Waals surface area contributed by atoms with Crippen molar-refractivity contribution in [1.29, 1.82) is 0 Å². The average Bonchev–Trinajstić information content (AvgIpc) is 2.49. The molecule has 0 N–H and O–H groups in total. The fraction of sp³-hybridized carbons (Fsp3) is 0.875. The molecule has 3 nitrogen and oxygen atoms in total. The molecule has 0 amide bonds. The van der Waals surface area contributed by atoms with E-state index in [0.29, 0.717) is 0 Å². The lowest BCUT2D eigenvalue weighted by atomic mass is 10.0. The van der Waals surface area contributed by atoms with Crippen LogP contribution in [0, 0.1) is 0 Å². The van der Waals surface area contributed by atoms with Crippen molar-refractivity contribution in [2.45, 2.75) is 35.3 Å². The van der Waals surface area contributed by atoms with Crippen molar-refractivity contribution >= 4 is 40.8 Å². The first-order valence-corrected chi connectivity index (χ1v) is 5.54. The molecule has 0 aromatic carbocycles. The molecule has 14 heavy (non-hydrogen) atoms. The lowest BCUT2D eigenvalue weighted by molar-refractivity contribution is -0.145. The van der Waals surface area contributed by atoms with Crippen molar-refractivity contribution in [3.05, 3.63) is 0 Å². The molecule has 0 bridgehead atoms. The number of hydrogen-bond donors (Lipinski definition) is 0. The Morgan fingerprint density at radius 3 is 2.79 bits per heavy atom. The zero-order valence-electron chi connectivity index (χ0n) is 7.60. The molecule has 2 atom stereocenters. The Morgan fingerprint density at radius 2 is 2.21 bits per heavy atom. The number of hydrogen-bond acceptors (Lipinski definition) is 3. The van der Waals surface area contributed by atoms with Gasteiger partial charge in [-0.2, -0.15) is 0 Å². The third-order valence-electron chi connectivity index (χ3n) is 2.92. The standard InChI is InChI=1S/C8H10Cl3NO2/c1-7-3-2-4-12(7)5(8(9,10)11)14-6(7)13/h5H,2-4H2,1H3. The van der Waals surface area contributed by atoms with Crippen LogP contribution in [0.15, 0.2) is 0 Å². The lowest BCUT2D eigenvalue weighted by Gasteiger charge is -2.29. The smallest absolute Gasteiger partial charge is 0.328 e. The van der Waals surface area contributed by atoms with E-state index in [1.54, 1.807) is 0 Å². The van der Waals surface area contributed by atoms with Gasteiger partial charge in [-0.15, -0.1) is 0 Å². The second kappa shape index (κ2) is 3.14. The van der Waals surface area contributed by atoms with Gasteiger partial charge in [0.25, 0.3) is 0 Å². The number of rotatable bonds is 0. The third kappa shape index (κ3) is 1.42. The third-order valence-corrected chi connectivity index (χ3v) is 3.48. The molecule has 0 saturated carbocycles. The molecule has 2 saturated heterocycles. The van der Waals surface area contributed by atoms with Gasteiger partial charge in [-0.1, -0.05) is 34.8 Å². The highest BCUT2D eigenvalue weighted by Gasteiger charge is 2.59. The van der Waals surface area contributed by atoms with Crippen molar-refractivity contribution in [2.75, 3.05) is 6.54 Å². The fourth-order valence-corrected chi connectivity index (χ4v) is 2.60. The molecule has 0 radical (unpaired) electrons. The maximum atomic E-state index is 11.6. The second-order valence-electron chi connectivity index (χ2n) is 3.87. The molecule has 2 unspecified atom stereocenters. The lowest BCUT2D eigenvalue weighted by Crippen LogP contribution is -2.47. The van der Waals surface area contributed by atoms with Crippen LogP contribution in [0.5, 0.6) is 0 Å². The molecule has 2 rings (SSSR count). The Labute approximate surface area is 97.2 Å². The minimum Gasteiger partial charge on any atom is -0.440 e. The van der Waals surface area contributed by atoms with Crippen LogP contribution in [0.2, 0.25) is 0 Å². The predicted octanol–water partition coefficient (Wildman–Crippen LogP) is 2.09. The first-order chi connectivity index (χ1) is 6.36. The van der Waals surface area contributed by atoms with Crippen molar-refractivity contribution in [3.63, 3.8) is 0 Å². The first kappa shape index (κ1) is 10.8. The Bertz CT molecular complexity index is 278. The second-order valence-corrected chi connectivity index (χ2v) is 6.24. The van der Waals surface area contributed by atoms with Crippen molar-refractivity contribution < 1.29 is 9.53 Å². The molecule has 80 valence electrons. The number of alkyl halides is 3. The number of cyclic esters (lactones) is 1. The molecule has 0 aromatic rings. The summed E-state index contributed by atoms with van der Waals surface area (Å²) < 4.78 is 3.52. The van der Waals surface area contributed by atoms with E-state index >= 15 is 0 Å². The minimum atomic E-state index is -1.57. The quantitative estimate of drug-likeness (QED) is 0.492. The van der Waals surface area contributed by atoms with E-state index < -0.39 is 15.6 Å². The number of fused-ring (bicyclic) bond motifs is 1. The van der Waals surface area contributed by atoms with Crippen molar-refractivity contribution in [3.8, 4) is 0 Å². The van der Waals surface area contributed by atoms with Gasteiger partial charge in [-0.25, -0.2) is 9.69 Å². The molecule has 2 aliphatic heterocycles. The Morgan fingerprint density at radius 1 is 1.57 bits per heavy atom. The summed E-state index contributed by atoms with van der Waals surface area (Å²) in [6.45, 7) is 2.57. The van der Waals surface area contributed by atoms with Gasteiger partial charge >= 0.3 is 5.97 Å². The van der Waals surface area contributed by atoms with Gasteiger partial charge in [-0.3, -0.25) is 0 Å².